The molecule has 1 aromatic rings. The number of carbonyl (C=O) groups is 2. The second-order valence-electron chi connectivity index (χ2n) is 8.13. The van der Waals surface area contributed by atoms with Crippen LogP contribution in [0.2, 0.25) is 0 Å². The van der Waals surface area contributed by atoms with Crippen molar-refractivity contribution in [2.24, 2.45) is 23.7 Å². The minimum Gasteiger partial charge on any atom is -0.274 e. The highest BCUT2D eigenvalue weighted by molar-refractivity contribution is 6.23. The Morgan fingerprint density at radius 2 is 1.43 bits per heavy atom. The molecular formula is C22H20F3NO2. The number of hydrogen-bond acceptors (Lipinski definition) is 2. The average molecular weight is 387 g/mol. The van der Waals surface area contributed by atoms with Crippen molar-refractivity contribution < 1.29 is 22.8 Å². The molecule has 3 nitrogen and oxygen atoms in total. The summed E-state index contributed by atoms with van der Waals surface area (Å²) in [5.74, 6) is -2.37. The van der Waals surface area contributed by atoms with Crippen molar-refractivity contribution >= 4 is 17.5 Å². The number of allylic oxidation sites excluding steroid dienone is 4. The van der Waals surface area contributed by atoms with Crippen LogP contribution in [0.5, 0.6) is 0 Å². The van der Waals surface area contributed by atoms with Crippen molar-refractivity contribution in [1.82, 2.24) is 0 Å². The Morgan fingerprint density at radius 3 is 2.00 bits per heavy atom. The standard InChI is InChI=1S/C22H20F3NO2/c23-22(24,25)15-8-4-5-9-16(15)26-20(27)18-13-10-11-14(19(18)21(26)28)17(13)12-6-2-1-3-7-12/h4-5,8-11,13-14,18-19H,1-3,6-7H2/t13-,14+,18-,19-/m0/s1. The van der Waals surface area contributed by atoms with Gasteiger partial charge < -0.3 is 0 Å². The second kappa shape index (κ2) is 6.06. The molecule has 0 radical (unpaired) electrons. The van der Waals surface area contributed by atoms with Crippen molar-refractivity contribution in [3.63, 3.8) is 0 Å². The van der Waals surface area contributed by atoms with Gasteiger partial charge in [-0.05, 0) is 37.8 Å². The van der Waals surface area contributed by atoms with Gasteiger partial charge in [0.15, 0.2) is 0 Å². The molecule has 0 spiro atoms. The zero-order valence-corrected chi connectivity index (χ0v) is 15.2. The molecule has 5 rings (SSSR count). The number of anilines is 1. The quantitative estimate of drug-likeness (QED) is 0.508. The highest BCUT2D eigenvalue weighted by Crippen LogP contribution is 2.58. The van der Waals surface area contributed by atoms with E-state index in [-0.39, 0.29) is 17.5 Å². The number of halogens is 3. The van der Waals surface area contributed by atoms with Crippen molar-refractivity contribution in [3.05, 3.63) is 53.1 Å². The van der Waals surface area contributed by atoms with Crippen LogP contribution in [0.4, 0.5) is 18.9 Å². The third-order valence-electron chi connectivity index (χ3n) is 6.73. The van der Waals surface area contributed by atoms with Crippen molar-refractivity contribution in [3.8, 4) is 0 Å². The number of rotatable bonds is 1. The predicted molar refractivity (Wildman–Crippen MR) is 97.1 cm³/mol. The molecule has 0 N–H and O–H groups in total. The Labute approximate surface area is 160 Å². The van der Waals surface area contributed by atoms with Crippen LogP contribution in [0.25, 0.3) is 0 Å². The zero-order chi connectivity index (χ0) is 19.6. The van der Waals surface area contributed by atoms with Gasteiger partial charge in [-0.1, -0.05) is 41.9 Å². The Balaban J connectivity index is 1.55. The molecule has 2 amide bonds. The fourth-order valence-corrected chi connectivity index (χ4v) is 5.65. The molecule has 0 unspecified atom stereocenters. The first-order valence-corrected chi connectivity index (χ1v) is 9.84. The summed E-state index contributed by atoms with van der Waals surface area (Å²) in [5.41, 5.74) is 1.29. The molecular weight excluding hydrogens is 367 g/mol. The van der Waals surface area contributed by atoms with E-state index in [1.807, 2.05) is 12.2 Å². The maximum Gasteiger partial charge on any atom is 0.418 e. The first-order valence-electron chi connectivity index (χ1n) is 9.84. The van der Waals surface area contributed by atoms with E-state index in [2.05, 4.69) is 0 Å². The minimum atomic E-state index is -4.62. The third-order valence-corrected chi connectivity index (χ3v) is 6.73. The van der Waals surface area contributed by atoms with E-state index >= 15 is 0 Å². The maximum absolute atomic E-state index is 13.4. The molecule has 1 saturated heterocycles. The van der Waals surface area contributed by atoms with Gasteiger partial charge in [-0.3, -0.25) is 9.59 Å². The SMILES string of the molecule is O=C1[C@@H]2[C@@H](C(=O)N1c1ccccc1C(F)(F)F)[C@H]1C=C[C@@H]2C1=C1CCCCC1. The molecule has 4 atom stereocenters. The lowest BCUT2D eigenvalue weighted by Gasteiger charge is -2.24. The Kier molecular flexibility index (Phi) is 3.83. The van der Waals surface area contributed by atoms with Crippen LogP contribution in [-0.2, 0) is 15.8 Å². The molecule has 1 heterocycles. The molecule has 1 aliphatic heterocycles. The summed E-state index contributed by atoms with van der Waals surface area (Å²) in [6.07, 6.45) is 4.83. The lowest BCUT2D eigenvalue weighted by Crippen LogP contribution is -2.35. The summed E-state index contributed by atoms with van der Waals surface area (Å²) >= 11 is 0. The number of imide groups is 1. The van der Waals surface area contributed by atoms with Crippen molar-refractivity contribution in [2.45, 2.75) is 38.3 Å². The van der Waals surface area contributed by atoms with Gasteiger partial charge in [0.25, 0.3) is 0 Å². The fraction of sp³-hybridized carbons (Fsp3) is 0.455. The smallest absolute Gasteiger partial charge is 0.274 e. The fourth-order valence-electron chi connectivity index (χ4n) is 5.65. The molecule has 2 saturated carbocycles. The monoisotopic (exact) mass is 387 g/mol. The van der Waals surface area contributed by atoms with Gasteiger partial charge in [0.05, 0.1) is 23.1 Å². The van der Waals surface area contributed by atoms with Crippen LogP contribution in [0.3, 0.4) is 0 Å². The summed E-state index contributed by atoms with van der Waals surface area (Å²) in [7, 11) is 0. The van der Waals surface area contributed by atoms with Gasteiger partial charge in [0.2, 0.25) is 11.8 Å². The maximum atomic E-state index is 13.4. The highest BCUT2D eigenvalue weighted by atomic mass is 19.4. The largest absolute Gasteiger partial charge is 0.418 e. The first-order chi connectivity index (χ1) is 13.4. The van der Waals surface area contributed by atoms with Crippen LogP contribution < -0.4 is 4.90 Å². The van der Waals surface area contributed by atoms with E-state index < -0.39 is 35.4 Å². The van der Waals surface area contributed by atoms with E-state index in [0.29, 0.717) is 0 Å². The minimum absolute atomic E-state index is 0.136. The average Bonchev–Trinajstić information content (AvgIpc) is 3.31. The summed E-state index contributed by atoms with van der Waals surface area (Å²) in [5, 5.41) is 0. The van der Waals surface area contributed by atoms with Crippen LogP contribution in [-0.4, -0.2) is 11.8 Å². The zero-order valence-electron chi connectivity index (χ0n) is 15.2. The summed E-state index contributed by atoms with van der Waals surface area (Å²) < 4.78 is 40.3. The predicted octanol–water partition coefficient (Wildman–Crippen LogP) is 4.89. The van der Waals surface area contributed by atoms with Crippen molar-refractivity contribution in [2.75, 3.05) is 4.90 Å². The van der Waals surface area contributed by atoms with Crippen molar-refractivity contribution in [1.29, 1.82) is 0 Å². The number of nitrogens with zero attached hydrogens (tertiary/aromatic N) is 1. The molecule has 0 aromatic heterocycles. The van der Waals surface area contributed by atoms with Crippen LogP contribution in [0, 0.1) is 23.7 Å². The number of fused-ring (bicyclic) bond motifs is 5. The van der Waals surface area contributed by atoms with Gasteiger partial charge >= 0.3 is 6.18 Å². The molecule has 3 fully saturated rings. The number of para-hydroxylation sites is 1. The Morgan fingerprint density at radius 1 is 0.857 bits per heavy atom. The third kappa shape index (κ3) is 2.36. The molecule has 3 aliphatic carbocycles. The summed E-state index contributed by atoms with van der Waals surface area (Å²) in [6, 6.07) is 4.85. The molecule has 2 bridgehead atoms. The van der Waals surface area contributed by atoms with Gasteiger partial charge in [-0.15, -0.1) is 0 Å². The van der Waals surface area contributed by atoms with Gasteiger partial charge in [-0.2, -0.15) is 13.2 Å². The number of benzene rings is 1. The van der Waals surface area contributed by atoms with Gasteiger partial charge in [0.1, 0.15) is 0 Å². The molecule has 4 aliphatic rings. The number of hydrogen-bond donors (Lipinski definition) is 0. The number of amides is 2. The molecule has 6 heteroatoms. The summed E-state index contributed by atoms with van der Waals surface area (Å²) in [6.45, 7) is 0. The first kappa shape index (κ1) is 17.7. The molecule has 146 valence electrons. The van der Waals surface area contributed by atoms with E-state index in [1.54, 1.807) is 0 Å². The summed E-state index contributed by atoms with van der Waals surface area (Å²) in [4.78, 5) is 27.2. The molecule has 1 aromatic carbocycles. The Bertz CT molecular complexity index is 888. The number of alkyl halides is 3. The highest BCUT2D eigenvalue weighted by Gasteiger charge is 2.62. The lowest BCUT2D eigenvalue weighted by atomic mass is 9.85. The van der Waals surface area contributed by atoms with E-state index in [9.17, 15) is 22.8 Å². The lowest BCUT2D eigenvalue weighted by molar-refractivity contribution is -0.137. The molecule has 28 heavy (non-hydrogen) atoms. The van der Waals surface area contributed by atoms with Crippen LogP contribution in [0.15, 0.2) is 47.6 Å². The van der Waals surface area contributed by atoms with Gasteiger partial charge in [0, 0.05) is 11.8 Å². The van der Waals surface area contributed by atoms with E-state index in [1.165, 1.54) is 35.8 Å². The van der Waals surface area contributed by atoms with Gasteiger partial charge in [-0.25, -0.2) is 4.90 Å². The second-order valence-corrected chi connectivity index (χ2v) is 8.13. The Hall–Kier alpha value is -2.37. The van der Waals surface area contributed by atoms with E-state index in [4.69, 9.17) is 0 Å². The number of carbonyl (C=O) groups excluding carboxylic acids is 2. The topological polar surface area (TPSA) is 37.4 Å². The van der Waals surface area contributed by atoms with Crippen LogP contribution in [0.1, 0.15) is 37.7 Å². The van der Waals surface area contributed by atoms with E-state index in [0.717, 1.165) is 36.6 Å². The van der Waals surface area contributed by atoms with Crippen LogP contribution >= 0.6 is 0 Å². The normalized spacial score (nSPS) is 31.9.